The zero-order valence-electron chi connectivity index (χ0n) is 21.2. The molecule has 0 aromatic heterocycles. The number of rotatable bonds is 9. The van der Waals surface area contributed by atoms with Crippen molar-refractivity contribution in [2.45, 2.75) is 0 Å². The van der Waals surface area contributed by atoms with E-state index in [0.29, 0.717) is 39.9 Å². The molecule has 2 aliphatic heterocycles. The summed E-state index contributed by atoms with van der Waals surface area (Å²) in [5, 5.41) is 4.82. The van der Waals surface area contributed by atoms with E-state index in [1.54, 1.807) is 48.5 Å². The van der Waals surface area contributed by atoms with Gasteiger partial charge in [0.15, 0.2) is 29.6 Å². The number of methoxy groups -OCH3 is 1. The van der Waals surface area contributed by atoms with Gasteiger partial charge < -0.3 is 29.6 Å². The molecule has 1 fully saturated rings. The number of hydrogen-bond donors (Lipinski definition) is 2. The Labute approximate surface area is 233 Å². The van der Waals surface area contributed by atoms with Crippen LogP contribution in [0.1, 0.15) is 5.56 Å². The number of thioether (sulfide) groups is 1. The van der Waals surface area contributed by atoms with Gasteiger partial charge in [-0.3, -0.25) is 24.1 Å². The van der Waals surface area contributed by atoms with E-state index in [1.165, 1.54) is 13.2 Å². The molecular weight excluding hydrogens is 538 g/mol. The maximum absolute atomic E-state index is 12.9. The molecule has 5 rings (SSSR count). The maximum atomic E-state index is 12.9. The Morgan fingerprint density at radius 3 is 2.50 bits per heavy atom. The number of amides is 4. The Balaban J connectivity index is 1.20. The van der Waals surface area contributed by atoms with Gasteiger partial charge in [0.25, 0.3) is 17.1 Å². The number of hydrogen-bond acceptors (Lipinski definition) is 9. The van der Waals surface area contributed by atoms with Crippen LogP contribution in [0.4, 0.5) is 16.2 Å². The summed E-state index contributed by atoms with van der Waals surface area (Å²) in [5.74, 6) is 0.260. The van der Waals surface area contributed by atoms with Crippen LogP contribution >= 0.6 is 11.8 Å². The van der Waals surface area contributed by atoms with Gasteiger partial charge in [-0.25, -0.2) is 0 Å². The molecule has 204 valence electrons. The predicted molar refractivity (Wildman–Crippen MR) is 147 cm³/mol. The average Bonchev–Trinajstić information content (AvgIpc) is 3.52. The molecule has 0 atom stereocenters. The van der Waals surface area contributed by atoms with E-state index in [0.717, 1.165) is 16.7 Å². The number of imide groups is 1. The molecule has 3 aromatic carbocycles. The van der Waals surface area contributed by atoms with Gasteiger partial charge in [-0.1, -0.05) is 24.3 Å². The van der Waals surface area contributed by atoms with Crippen LogP contribution in [-0.2, 0) is 14.4 Å². The highest BCUT2D eigenvalue weighted by molar-refractivity contribution is 8.18. The van der Waals surface area contributed by atoms with Crippen LogP contribution in [0.25, 0.3) is 6.08 Å². The topological polar surface area (TPSA) is 133 Å². The van der Waals surface area contributed by atoms with Crippen molar-refractivity contribution < 1.29 is 38.1 Å². The summed E-state index contributed by atoms with van der Waals surface area (Å²) in [4.78, 5) is 51.2. The molecule has 2 N–H and O–H groups in total. The summed E-state index contributed by atoms with van der Waals surface area (Å²) >= 11 is 0.731. The van der Waals surface area contributed by atoms with Crippen LogP contribution in [0.15, 0.2) is 71.6 Å². The monoisotopic (exact) mass is 561 g/mol. The van der Waals surface area contributed by atoms with Gasteiger partial charge in [0, 0.05) is 17.4 Å². The number of carbonyl (C=O) groups excluding carboxylic acids is 4. The fourth-order valence-electron chi connectivity index (χ4n) is 3.86. The average molecular weight is 562 g/mol. The SMILES string of the molecule is COc1cc(/C=C2\SC(=O)N(CC(=O)Nc3ccc4c(c3)OCO4)C2=O)ccc1OCC(=O)Nc1ccccc1. The molecule has 2 heterocycles. The van der Waals surface area contributed by atoms with Gasteiger partial charge in [-0.15, -0.1) is 0 Å². The van der Waals surface area contributed by atoms with Gasteiger partial charge in [-0.05, 0) is 59.8 Å². The Morgan fingerprint density at radius 1 is 0.925 bits per heavy atom. The van der Waals surface area contributed by atoms with Gasteiger partial charge >= 0.3 is 0 Å². The van der Waals surface area contributed by atoms with Gasteiger partial charge in [0.1, 0.15) is 6.54 Å². The third-order valence-electron chi connectivity index (χ3n) is 5.73. The number of para-hydroxylation sites is 1. The van der Waals surface area contributed by atoms with Crippen molar-refractivity contribution in [2.75, 3.05) is 37.7 Å². The summed E-state index contributed by atoms with van der Waals surface area (Å²) in [5.41, 5.74) is 1.66. The van der Waals surface area contributed by atoms with Crippen LogP contribution in [0.5, 0.6) is 23.0 Å². The highest BCUT2D eigenvalue weighted by atomic mass is 32.2. The fourth-order valence-corrected chi connectivity index (χ4v) is 4.70. The van der Waals surface area contributed by atoms with E-state index in [-0.39, 0.29) is 24.2 Å². The van der Waals surface area contributed by atoms with Crippen molar-refractivity contribution in [2.24, 2.45) is 0 Å². The molecule has 2 aliphatic rings. The lowest BCUT2D eigenvalue weighted by Crippen LogP contribution is -2.36. The van der Waals surface area contributed by atoms with Crippen LogP contribution in [0.2, 0.25) is 0 Å². The number of anilines is 2. The Bertz CT molecular complexity index is 1510. The molecule has 0 bridgehead atoms. The third kappa shape index (κ3) is 6.18. The molecular formula is C28H23N3O8S. The minimum absolute atomic E-state index is 0.101. The smallest absolute Gasteiger partial charge is 0.294 e. The molecule has 0 saturated carbocycles. The first-order chi connectivity index (χ1) is 19.4. The Morgan fingerprint density at radius 2 is 1.70 bits per heavy atom. The molecule has 0 unspecified atom stereocenters. The van der Waals surface area contributed by atoms with Crippen LogP contribution in [0.3, 0.4) is 0 Å². The standard InChI is InChI=1S/C28H23N3O8S/c1-36-22-11-17(7-9-20(22)37-15-26(33)29-18-5-3-2-4-6-18)12-24-27(34)31(28(35)40-24)14-25(32)30-19-8-10-21-23(13-19)39-16-38-21/h2-13H,14-16H2,1H3,(H,29,33)(H,30,32)/b24-12-. The predicted octanol–water partition coefficient (Wildman–Crippen LogP) is 4.12. The number of carbonyl (C=O) groups is 4. The number of ether oxygens (including phenoxy) is 4. The molecule has 11 nitrogen and oxygen atoms in total. The minimum atomic E-state index is -0.590. The summed E-state index contributed by atoms with van der Waals surface area (Å²) < 4.78 is 21.5. The number of nitrogens with zero attached hydrogens (tertiary/aromatic N) is 1. The molecule has 4 amide bonds. The quantitative estimate of drug-likeness (QED) is 0.370. The molecule has 40 heavy (non-hydrogen) atoms. The zero-order chi connectivity index (χ0) is 28.1. The van der Waals surface area contributed by atoms with E-state index in [9.17, 15) is 19.2 Å². The minimum Gasteiger partial charge on any atom is -0.493 e. The van der Waals surface area contributed by atoms with E-state index in [1.807, 2.05) is 18.2 Å². The van der Waals surface area contributed by atoms with Crippen LogP contribution in [0, 0.1) is 0 Å². The van der Waals surface area contributed by atoms with Gasteiger partial charge in [0.05, 0.1) is 12.0 Å². The molecule has 0 spiro atoms. The van der Waals surface area contributed by atoms with E-state index in [4.69, 9.17) is 18.9 Å². The normalized spacial score (nSPS) is 14.8. The van der Waals surface area contributed by atoms with Crippen molar-refractivity contribution in [3.05, 3.63) is 77.2 Å². The molecule has 12 heteroatoms. The summed E-state index contributed by atoms with van der Waals surface area (Å²) in [6, 6.07) is 18.8. The lowest BCUT2D eigenvalue weighted by atomic mass is 10.2. The molecule has 3 aromatic rings. The zero-order valence-corrected chi connectivity index (χ0v) is 22.0. The Kier molecular flexibility index (Phi) is 7.87. The van der Waals surface area contributed by atoms with Crippen molar-refractivity contribution >= 4 is 52.2 Å². The summed E-state index contributed by atoms with van der Waals surface area (Å²) in [6.45, 7) is -0.585. The first-order valence-electron chi connectivity index (χ1n) is 12.0. The number of fused-ring (bicyclic) bond motifs is 1. The highest BCUT2D eigenvalue weighted by Gasteiger charge is 2.36. The first kappa shape index (κ1) is 26.6. The van der Waals surface area contributed by atoms with Crippen LogP contribution < -0.4 is 29.6 Å². The largest absolute Gasteiger partial charge is 0.493 e. The van der Waals surface area contributed by atoms with Crippen LogP contribution in [-0.4, -0.2) is 54.9 Å². The summed E-state index contributed by atoms with van der Waals surface area (Å²) in [7, 11) is 1.45. The van der Waals surface area contributed by atoms with Crippen molar-refractivity contribution in [1.82, 2.24) is 4.90 Å². The lowest BCUT2D eigenvalue weighted by Gasteiger charge is -2.13. The lowest BCUT2D eigenvalue weighted by molar-refractivity contribution is -0.127. The number of benzene rings is 3. The van der Waals surface area contributed by atoms with Crippen molar-refractivity contribution in [3.8, 4) is 23.0 Å². The molecule has 0 radical (unpaired) electrons. The van der Waals surface area contributed by atoms with Crippen molar-refractivity contribution in [1.29, 1.82) is 0 Å². The first-order valence-corrected chi connectivity index (χ1v) is 12.8. The maximum Gasteiger partial charge on any atom is 0.294 e. The van der Waals surface area contributed by atoms with Gasteiger partial charge in [-0.2, -0.15) is 0 Å². The van der Waals surface area contributed by atoms with E-state index < -0.39 is 23.6 Å². The van der Waals surface area contributed by atoms with E-state index >= 15 is 0 Å². The van der Waals surface area contributed by atoms with Crippen molar-refractivity contribution in [3.63, 3.8) is 0 Å². The molecule has 1 saturated heterocycles. The second-order valence-corrected chi connectivity index (χ2v) is 9.49. The van der Waals surface area contributed by atoms with E-state index in [2.05, 4.69) is 10.6 Å². The third-order valence-corrected chi connectivity index (χ3v) is 6.64. The summed E-state index contributed by atoms with van der Waals surface area (Å²) in [6.07, 6.45) is 1.52. The molecule has 0 aliphatic carbocycles. The fraction of sp³-hybridized carbons (Fsp3) is 0.143. The second-order valence-electron chi connectivity index (χ2n) is 8.50. The second kappa shape index (κ2) is 11.8. The Hall–Kier alpha value is -4.97. The number of nitrogens with one attached hydrogen (secondary N) is 2. The highest BCUT2D eigenvalue weighted by Crippen LogP contribution is 2.36. The van der Waals surface area contributed by atoms with Gasteiger partial charge in [0.2, 0.25) is 12.7 Å².